The molecule has 0 aromatic carbocycles. The number of alkyl halides is 3. The first-order chi connectivity index (χ1) is 9.35. The summed E-state index contributed by atoms with van der Waals surface area (Å²) in [5.41, 5.74) is 1.95. The zero-order valence-electron chi connectivity index (χ0n) is 12.2. The maximum atomic E-state index is 12.3. The highest BCUT2D eigenvalue weighted by Crippen LogP contribution is 2.21. The van der Waals surface area contributed by atoms with Gasteiger partial charge in [-0.1, -0.05) is 13.8 Å². The Bertz CT molecular complexity index is 419. The normalized spacial score (nSPS) is 11.7. The van der Waals surface area contributed by atoms with Crippen molar-refractivity contribution >= 4 is 5.82 Å². The molecule has 0 spiro atoms. The van der Waals surface area contributed by atoms with Crippen molar-refractivity contribution in [3.63, 3.8) is 0 Å². The molecule has 0 aliphatic rings. The summed E-state index contributed by atoms with van der Waals surface area (Å²) in [6.45, 7) is 5.47. The second-order valence-corrected chi connectivity index (χ2v) is 4.75. The van der Waals surface area contributed by atoms with Crippen molar-refractivity contribution in [2.45, 2.75) is 39.4 Å². The van der Waals surface area contributed by atoms with E-state index in [2.05, 4.69) is 10.3 Å². The second-order valence-electron chi connectivity index (χ2n) is 4.75. The molecular formula is C14H22F3N3. The SMILES string of the molecule is CCNCc1cc(CC)nc(N(C)CCC(F)(F)F)c1. The van der Waals surface area contributed by atoms with Gasteiger partial charge in [0.25, 0.3) is 0 Å². The number of rotatable bonds is 7. The lowest BCUT2D eigenvalue weighted by atomic mass is 10.2. The molecule has 1 heterocycles. The molecule has 0 saturated carbocycles. The molecule has 0 amide bonds. The van der Waals surface area contributed by atoms with Crippen LogP contribution in [0.1, 0.15) is 31.5 Å². The molecule has 1 rings (SSSR count). The van der Waals surface area contributed by atoms with Gasteiger partial charge in [-0.2, -0.15) is 13.2 Å². The number of hydrogen-bond donors (Lipinski definition) is 1. The largest absolute Gasteiger partial charge is 0.390 e. The van der Waals surface area contributed by atoms with E-state index in [1.54, 1.807) is 11.9 Å². The molecule has 1 aromatic heterocycles. The van der Waals surface area contributed by atoms with Crippen molar-refractivity contribution in [2.75, 3.05) is 25.0 Å². The molecule has 0 aliphatic carbocycles. The minimum absolute atomic E-state index is 0.0791. The number of nitrogens with one attached hydrogen (secondary N) is 1. The maximum Gasteiger partial charge on any atom is 0.390 e. The van der Waals surface area contributed by atoms with Crippen LogP contribution in [0.3, 0.4) is 0 Å². The Hall–Kier alpha value is -1.30. The summed E-state index contributed by atoms with van der Waals surface area (Å²) in [6.07, 6.45) is -4.20. The predicted molar refractivity (Wildman–Crippen MR) is 74.9 cm³/mol. The Morgan fingerprint density at radius 1 is 1.25 bits per heavy atom. The van der Waals surface area contributed by atoms with Crippen LogP contribution in [-0.2, 0) is 13.0 Å². The highest BCUT2D eigenvalue weighted by molar-refractivity contribution is 5.42. The number of pyridine rings is 1. The number of halogens is 3. The fourth-order valence-electron chi connectivity index (χ4n) is 1.79. The van der Waals surface area contributed by atoms with Crippen molar-refractivity contribution in [3.05, 3.63) is 23.4 Å². The number of nitrogens with zero attached hydrogens (tertiary/aromatic N) is 2. The van der Waals surface area contributed by atoms with Crippen LogP contribution in [-0.4, -0.2) is 31.3 Å². The number of hydrogen-bond acceptors (Lipinski definition) is 3. The van der Waals surface area contributed by atoms with Crippen LogP contribution < -0.4 is 10.2 Å². The van der Waals surface area contributed by atoms with Gasteiger partial charge < -0.3 is 10.2 Å². The third-order valence-electron chi connectivity index (χ3n) is 2.99. The molecule has 0 fully saturated rings. The Labute approximate surface area is 118 Å². The third-order valence-corrected chi connectivity index (χ3v) is 2.99. The molecule has 1 N–H and O–H groups in total. The summed E-state index contributed by atoms with van der Waals surface area (Å²) in [7, 11) is 1.64. The highest BCUT2D eigenvalue weighted by Gasteiger charge is 2.27. The second kappa shape index (κ2) is 7.47. The Balaban J connectivity index is 2.81. The van der Waals surface area contributed by atoms with Gasteiger partial charge in [0, 0.05) is 25.8 Å². The maximum absolute atomic E-state index is 12.3. The van der Waals surface area contributed by atoms with Crippen LogP contribution >= 0.6 is 0 Å². The zero-order chi connectivity index (χ0) is 15.2. The van der Waals surface area contributed by atoms with E-state index < -0.39 is 12.6 Å². The molecule has 1 aromatic rings. The first-order valence-corrected chi connectivity index (χ1v) is 6.84. The molecule has 0 unspecified atom stereocenters. The summed E-state index contributed by atoms with van der Waals surface area (Å²) in [4.78, 5) is 5.95. The first-order valence-electron chi connectivity index (χ1n) is 6.84. The average Bonchev–Trinajstić information content (AvgIpc) is 2.41. The van der Waals surface area contributed by atoms with Crippen LogP contribution in [0.25, 0.3) is 0 Å². The Kier molecular flexibility index (Phi) is 6.26. The van der Waals surface area contributed by atoms with Crippen molar-refractivity contribution in [2.24, 2.45) is 0 Å². The van der Waals surface area contributed by atoms with E-state index in [9.17, 15) is 13.2 Å². The minimum atomic E-state index is -4.14. The molecule has 0 radical (unpaired) electrons. The predicted octanol–water partition coefficient (Wildman–Crippen LogP) is 3.14. The average molecular weight is 289 g/mol. The van der Waals surface area contributed by atoms with Crippen molar-refractivity contribution in [3.8, 4) is 0 Å². The van der Waals surface area contributed by atoms with Crippen LogP contribution in [0.4, 0.5) is 19.0 Å². The van der Waals surface area contributed by atoms with E-state index in [1.165, 1.54) is 0 Å². The molecule has 6 heteroatoms. The summed E-state index contributed by atoms with van der Waals surface area (Å²) in [5, 5.41) is 3.21. The van der Waals surface area contributed by atoms with Crippen LogP contribution in [0.15, 0.2) is 12.1 Å². The van der Waals surface area contributed by atoms with Gasteiger partial charge in [-0.25, -0.2) is 4.98 Å². The molecule has 3 nitrogen and oxygen atoms in total. The minimum Gasteiger partial charge on any atom is -0.359 e. The lowest BCUT2D eigenvalue weighted by Gasteiger charge is -2.20. The van der Waals surface area contributed by atoms with E-state index in [4.69, 9.17) is 0 Å². The number of aryl methyl sites for hydroxylation is 1. The topological polar surface area (TPSA) is 28.2 Å². The fraction of sp³-hybridized carbons (Fsp3) is 0.643. The molecule has 0 saturated heterocycles. The smallest absolute Gasteiger partial charge is 0.359 e. The first kappa shape index (κ1) is 16.8. The lowest BCUT2D eigenvalue weighted by Crippen LogP contribution is -2.25. The van der Waals surface area contributed by atoms with Gasteiger partial charge in [0.05, 0.1) is 6.42 Å². The van der Waals surface area contributed by atoms with Crippen molar-refractivity contribution in [1.29, 1.82) is 0 Å². The monoisotopic (exact) mass is 289 g/mol. The van der Waals surface area contributed by atoms with Gasteiger partial charge in [0.15, 0.2) is 0 Å². The summed E-state index contributed by atoms with van der Waals surface area (Å²) in [5.74, 6) is 0.599. The fourth-order valence-corrected chi connectivity index (χ4v) is 1.79. The van der Waals surface area contributed by atoms with Gasteiger partial charge in [-0.05, 0) is 30.7 Å². The number of aromatic nitrogens is 1. The van der Waals surface area contributed by atoms with E-state index in [0.717, 1.165) is 24.2 Å². The van der Waals surface area contributed by atoms with Crippen LogP contribution in [0.5, 0.6) is 0 Å². The van der Waals surface area contributed by atoms with Gasteiger partial charge in [0.1, 0.15) is 5.82 Å². The van der Waals surface area contributed by atoms with E-state index >= 15 is 0 Å². The molecule has 114 valence electrons. The standard InChI is InChI=1S/C14H22F3N3/c1-4-12-8-11(10-18-5-2)9-13(19-12)20(3)7-6-14(15,16)17/h8-9,18H,4-7,10H2,1-3H3. The van der Waals surface area contributed by atoms with Gasteiger partial charge in [0.2, 0.25) is 0 Å². The third kappa shape index (κ3) is 5.77. The van der Waals surface area contributed by atoms with Crippen molar-refractivity contribution < 1.29 is 13.2 Å². The quantitative estimate of drug-likeness (QED) is 0.836. The van der Waals surface area contributed by atoms with Gasteiger partial charge in [-0.15, -0.1) is 0 Å². The molecule has 0 aliphatic heterocycles. The molecular weight excluding hydrogens is 267 g/mol. The van der Waals surface area contributed by atoms with Gasteiger partial charge >= 0.3 is 6.18 Å². The Morgan fingerprint density at radius 3 is 2.50 bits per heavy atom. The summed E-state index contributed by atoms with van der Waals surface area (Å²) < 4.78 is 36.8. The summed E-state index contributed by atoms with van der Waals surface area (Å²) in [6, 6.07) is 3.84. The Morgan fingerprint density at radius 2 is 1.95 bits per heavy atom. The lowest BCUT2D eigenvalue weighted by molar-refractivity contribution is -0.132. The van der Waals surface area contributed by atoms with Crippen LogP contribution in [0, 0.1) is 0 Å². The van der Waals surface area contributed by atoms with Gasteiger partial charge in [-0.3, -0.25) is 0 Å². The summed E-state index contributed by atoms with van der Waals surface area (Å²) >= 11 is 0. The van der Waals surface area contributed by atoms with E-state index in [-0.39, 0.29) is 6.54 Å². The molecule has 0 atom stereocenters. The highest BCUT2D eigenvalue weighted by atomic mass is 19.4. The van der Waals surface area contributed by atoms with Crippen LogP contribution in [0.2, 0.25) is 0 Å². The van der Waals surface area contributed by atoms with Crippen molar-refractivity contribution in [1.82, 2.24) is 10.3 Å². The molecule has 0 bridgehead atoms. The van der Waals surface area contributed by atoms with E-state index in [1.807, 2.05) is 26.0 Å². The van der Waals surface area contributed by atoms with E-state index in [0.29, 0.717) is 12.4 Å². The zero-order valence-corrected chi connectivity index (χ0v) is 12.2. The number of anilines is 1. The molecule has 20 heavy (non-hydrogen) atoms.